The Morgan fingerprint density at radius 2 is 1.69 bits per heavy atom. The smallest absolute Gasteiger partial charge is 0.225 e. The number of nitrogens with one attached hydrogen (secondary N) is 1. The molecule has 0 aromatic rings. The molecule has 0 spiro atoms. The van der Waals surface area contributed by atoms with Crippen LogP contribution in [-0.2, 0) is 4.79 Å². The van der Waals surface area contributed by atoms with Crippen molar-refractivity contribution in [3.05, 3.63) is 0 Å². The zero-order valence-corrected chi connectivity index (χ0v) is 11.2. The summed E-state index contributed by atoms with van der Waals surface area (Å²) in [4.78, 5) is 13.4. The number of hydrogen-bond donors (Lipinski definition) is 1. The summed E-state index contributed by atoms with van der Waals surface area (Å²) in [7, 11) is 3.97. The average Bonchev–Trinajstić information content (AvgIpc) is 2.25. The topological polar surface area (TPSA) is 35.0 Å². The fourth-order valence-corrected chi connectivity index (χ4v) is 1.55. The third-order valence-electron chi connectivity index (χ3n) is 2.64. The molecule has 0 aromatic carbocycles. The lowest BCUT2D eigenvalue weighted by molar-refractivity contribution is -0.121. The minimum Gasteiger partial charge on any atom is -0.356 e. The average molecular weight is 228 g/mol. The van der Waals surface area contributed by atoms with Gasteiger partial charge in [0.2, 0.25) is 5.91 Å². The molecule has 1 N–H and O–H groups in total. The van der Waals surface area contributed by atoms with E-state index in [1.165, 1.54) is 32.1 Å². The lowest BCUT2D eigenvalue weighted by Gasteiger charge is -2.05. The lowest BCUT2D eigenvalue weighted by atomic mass is 10.1. The summed E-state index contributed by atoms with van der Waals surface area (Å²) in [6.45, 7) is 3.91. The molecule has 0 saturated heterocycles. The standard InChI is InChI=1S/C13H28N2O/c1-4-5-6-7-8-9-11-14-13(16)10-12-15(2)3/h4-12H2,1-3H3,(H,14,16)/q+1. The van der Waals surface area contributed by atoms with Crippen LogP contribution in [0.15, 0.2) is 0 Å². The molecule has 0 fully saturated rings. The van der Waals surface area contributed by atoms with E-state index in [9.17, 15) is 4.79 Å². The molecule has 0 aromatic heterocycles. The van der Waals surface area contributed by atoms with E-state index in [4.69, 9.17) is 0 Å². The van der Waals surface area contributed by atoms with Gasteiger partial charge in [0.1, 0.15) is 20.6 Å². The van der Waals surface area contributed by atoms with E-state index in [0.717, 1.165) is 19.5 Å². The molecule has 0 atom stereocenters. The summed E-state index contributed by atoms with van der Waals surface area (Å²) in [6, 6.07) is 0. The molecule has 0 bridgehead atoms. The predicted octanol–water partition coefficient (Wildman–Crippen LogP) is 2.25. The van der Waals surface area contributed by atoms with Crippen LogP contribution in [0.4, 0.5) is 0 Å². The molecule has 16 heavy (non-hydrogen) atoms. The molecule has 1 radical (unpaired) electrons. The van der Waals surface area contributed by atoms with E-state index in [1.807, 2.05) is 19.0 Å². The highest BCUT2D eigenvalue weighted by Crippen LogP contribution is 2.03. The molecule has 0 heterocycles. The van der Waals surface area contributed by atoms with E-state index < -0.39 is 0 Å². The SMILES string of the molecule is CCCCCCCCNC(=O)CC[N+](C)C. The number of carbonyl (C=O) groups excluding carboxylic acids is 1. The van der Waals surface area contributed by atoms with E-state index >= 15 is 0 Å². The van der Waals surface area contributed by atoms with E-state index in [-0.39, 0.29) is 5.91 Å². The first-order chi connectivity index (χ1) is 7.66. The van der Waals surface area contributed by atoms with Crippen molar-refractivity contribution in [2.75, 3.05) is 27.2 Å². The van der Waals surface area contributed by atoms with E-state index in [1.54, 1.807) is 0 Å². The molecule has 0 saturated carbocycles. The Labute approximate surface area is 101 Å². The Morgan fingerprint density at radius 1 is 1.06 bits per heavy atom. The largest absolute Gasteiger partial charge is 0.356 e. The number of hydrogen-bond acceptors (Lipinski definition) is 2. The third kappa shape index (κ3) is 11.5. The highest BCUT2D eigenvalue weighted by Gasteiger charge is 2.05. The van der Waals surface area contributed by atoms with Crippen molar-refractivity contribution in [3.8, 4) is 0 Å². The summed E-state index contributed by atoms with van der Waals surface area (Å²) in [5.74, 6) is 0.183. The van der Waals surface area contributed by atoms with Crippen LogP contribution in [-0.4, -0.2) is 33.1 Å². The van der Waals surface area contributed by atoms with Crippen LogP contribution >= 0.6 is 0 Å². The molecule has 0 aliphatic carbocycles. The van der Waals surface area contributed by atoms with Crippen molar-refractivity contribution < 1.29 is 4.79 Å². The van der Waals surface area contributed by atoms with Crippen molar-refractivity contribution in [2.45, 2.75) is 51.9 Å². The van der Waals surface area contributed by atoms with Gasteiger partial charge in [-0.15, -0.1) is 0 Å². The number of carbonyl (C=O) groups is 1. The Bertz CT molecular complexity index is 169. The summed E-state index contributed by atoms with van der Waals surface area (Å²) >= 11 is 0. The maximum atomic E-state index is 11.3. The minimum absolute atomic E-state index is 0.183. The first-order valence-corrected chi connectivity index (χ1v) is 6.58. The summed E-state index contributed by atoms with van der Waals surface area (Å²) < 4.78 is 0. The minimum atomic E-state index is 0.183. The molecular weight excluding hydrogens is 200 g/mol. The van der Waals surface area contributed by atoms with E-state index in [0.29, 0.717) is 6.42 Å². The van der Waals surface area contributed by atoms with Gasteiger partial charge in [-0.2, -0.15) is 4.90 Å². The first-order valence-electron chi connectivity index (χ1n) is 6.58. The number of unbranched alkanes of at least 4 members (excludes halogenated alkanes) is 5. The molecule has 3 nitrogen and oxygen atoms in total. The molecule has 0 aliphatic heterocycles. The monoisotopic (exact) mass is 228 g/mol. The maximum Gasteiger partial charge on any atom is 0.225 e. The van der Waals surface area contributed by atoms with Crippen LogP contribution in [0.25, 0.3) is 0 Å². The second-order valence-corrected chi connectivity index (χ2v) is 4.67. The highest BCUT2D eigenvalue weighted by atomic mass is 16.1. The Balaban J connectivity index is 3.15. The highest BCUT2D eigenvalue weighted by molar-refractivity contribution is 5.76. The van der Waals surface area contributed by atoms with Gasteiger partial charge >= 0.3 is 0 Å². The maximum absolute atomic E-state index is 11.3. The van der Waals surface area contributed by atoms with Crippen molar-refractivity contribution in [1.29, 1.82) is 0 Å². The molecule has 0 rings (SSSR count). The first kappa shape index (κ1) is 15.4. The zero-order valence-electron chi connectivity index (χ0n) is 11.2. The van der Waals surface area contributed by atoms with Gasteiger partial charge in [0, 0.05) is 6.54 Å². The van der Waals surface area contributed by atoms with Gasteiger partial charge in [0.15, 0.2) is 0 Å². The normalized spacial score (nSPS) is 10.8. The van der Waals surface area contributed by atoms with Gasteiger partial charge in [0.25, 0.3) is 0 Å². The van der Waals surface area contributed by atoms with Gasteiger partial charge in [-0.1, -0.05) is 39.0 Å². The van der Waals surface area contributed by atoms with Gasteiger partial charge in [-0.25, -0.2) is 0 Å². The van der Waals surface area contributed by atoms with Crippen LogP contribution in [0.1, 0.15) is 51.9 Å². The predicted molar refractivity (Wildman–Crippen MR) is 69.9 cm³/mol. The number of nitrogens with zero attached hydrogens (tertiary/aromatic N) is 1. The fraction of sp³-hybridized carbons (Fsp3) is 0.923. The Hall–Kier alpha value is -0.570. The molecule has 95 valence electrons. The second kappa shape index (κ2) is 10.9. The van der Waals surface area contributed by atoms with E-state index in [2.05, 4.69) is 12.2 Å². The van der Waals surface area contributed by atoms with Gasteiger partial charge in [-0.05, 0) is 6.42 Å². The lowest BCUT2D eigenvalue weighted by Crippen LogP contribution is -2.30. The third-order valence-corrected chi connectivity index (χ3v) is 2.64. The van der Waals surface area contributed by atoms with Crippen molar-refractivity contribution in [2.24, 2.45) is 0 Å². The fourth-order valence-electron chi connectivity index (χ4n) is 1.55. The molecule has 1 amide bonds. The van der Waals surface area contributed by atoms with Gasteiger partial charge in [0.05, 0.1) is 6.42 Å². The number of rotatable bonds is 10. The zero-order chi connectivity index (χ0) is 12.2. The van der Waals surface area contributed by atoms with Crippen LogP contribution in [0.3, 0.4) is 0 Å². The van der Waals surface area contributed by atoms with Crippen molar-refractivity contribution in [1.82, 2.24) is 10.2 Å². The molecule has 3 heteroatoms. The van der Waals surface area contributed by atoms with Crippen molar-refractivity contribution >= 4 is 5.91 Å². The quantitative estimate of drug-likeness (QED) is 0.452. The van der Waals surface area contributed by atoms with Crippen LogP contribution in [0.5, 0.6) is 0 Å². The van der Waals surface area contributed by atoms with Crippen LogP contribution < -0.4 is 10.2 Å². The van der Waals surface area contributed by atoms with Crippen LogP contribution in [0, 0.1) is 0 Å². The van der Waals surface area contributed by atoms with Crippen LogP contribution in [0.2, 0.25) is 0 Å². The summed E-state index contributed by atoms with van der Waals surface area (Å²) in [6.07, 6.45) is 8.26. The summed E-state index contributed by atoms with van der Waals surface area (Å²) in [5, 5.41) is 2.96. The van der Waals surface area contributed by atoms with Crippen molar-refractivity contribution in [3.63, 3.8) is 0 Å². The van der Waals surface area contributed by atoms with Gasteiger partial charge in [-0.3, -0.25) is 4.79 Å². The Kier molecular flexibility index (Phi) is 10.5. The molecular formula is C13H28N2O+. The molecule has 0 unspecified atom stereocenters. The summed E-state index contributed by atoms with van der Waals surface area (Å²) in [5.41, 5.74) is 0. The van der Waals surface area contributed by atoms with Gasteiger partial charge < -0.3 is 5.32 Å². The molecule has 0 aliphatic rings. The Morgan fingerprint density at radius 3 is 2.31 bits per heavy atom. The number of amides is 1. The second-order valence-electron chi connectivity index (χ2n) is 4.67.